The Kier molecular flexibility index (Phi) is 3.92. The van der Waals surface area contributed by atoms with Gasteiger partial charge in [-0.25, -0.2) is 0 Å². The molecular formula is C9H13NO2S. The van der Waals surface area contributed by atoms with Gasteiger partial charge in [0.05, 0.1) is 13.7 Å². The van der Waals surface area contributed by atoms with Crippen LogP contribution < -0.4 is 10.5 Å². The Morgan fingerprint density at radius 3 is 2.85 bits per heavy atom. The standard InChI is InChI=1S/C9H13NO2S/c1-12-7-2-3-9(8(10)6-7)13-5-4-11/h2-3,6,11H,4-5,10H2,1H3. The summed E-state index contributed by atoms with van der Waals surface area (Å²) in [6.07, 6.45) is 0. The second-order valence-electron chi connectivity index (χ2n) is 2.48. The van der Waals surface area contributed by atoms with Gasteiger partial charge in [0.1, 0.15) is 5.75 Å². The van der Waals surface area contributed by atoms with Crippen molar-refractivity contribution in [1.29, 1.82) is 0 Å². The summed E-state index contributed by atoms with van der Waals surface area (Å²) in [5, 5.41) is 8.63. The molecule has 1 aromatic rings. The predicted octanol–water partition coefficient (Wildman–Crippen LogP) is 1.36. The average molecular weight is 199 g/mol. The first kappa shape index (κ1) is 10.2. The lowest BCUT2D eigenvalue weighted by molar-refractivity contribution is 0.322. The number of benzene rings is 1. The highest BCUT2D eigenvalue weighted by molar-refractivity contribution is 7.99. The van der Waals surface area contributed by atoms with Gasteiger partial charge in [-0.2, -0.15) is 0 Å². The number of hydrogen-bond donors (Lipinski definition) is 2. The maximum atomic E-state index is 8.63. The summed E-state index contributed by atoms with van der Waals surface area (Å²) < 4.78 is 5.02. The number of methoxy groups -OCH3 is 1. The fraction of sp³-hybridized carbons (Fsp3) is 0.333. The molecule has 1 aromatic carbocycles. The topological polar surface area (TPSA) is 55.5 Å². The molecule has 0 fully saturated rings. The Bertz CT molecular complexity index is 278. The molecule has 0 aliphatic heterocycles. The van der Waals surface area contributed by atoms with Crippen LogP contribution in [0.1, 0.15) is 0 Å². The molecule has 0 unspecified atom stereocenters. The van der Waals surface area contributed by atoms with Crippen molar-refractivity contribution in [3.8, 4) is 5.75 Å². The molecule has 0 spiro atoms. The van der Waals surface area contributed by atoms with Crippen molar-refractivity contribution in [3.05, 3.63) is 18.2 Å². The molecule has 4 heteroatoms. The molecular weight excluding hydrogens is 186 g/mol. The summed E-state index contributed by atoms with van der Waals surface area (Å²) in [4.78, 5) is 0.981. The van der Waals surface area contributed by atoms with Crippen LogP contribution in [-0.4, -0.2) is 24.6 Å². The van der Waals surface area contributed by atoms with E-state index in [0.717, 1.165) is 10.6 Å². The van der Waals surface area contributed by atoms with Gasteiger partial charge in [0, 0.05) is 22.4 Å². The summed E-state index contributed by atoms with van der Waals surface area (Å²) in [6, 6.07) is 5.53. The summed E-state index contributed by atoms with van der Waals surface area (Å²) in [5.41, 5.74) is 6.45. The van der Waals surface area contributed by atoms with Crippen molar-refractivity contribution in [2.75, 3.05) is 25.2 Å². The van der Waals surface area contributed by atoms with Gasteiger partial charge in [-0.3, -0.25) is 0 Å². The minimum atomic E-state index is 0.163. The maximum absolute atomic E-state index is 8.63. The number of hydrogen-bond acceptors (Lipinski definition) is 4. The molecule has 1 rings (SSSR count). The summed E-state index contributed by atoms with van der Waals surface area (Å²) in [6.45, 7) is 0.163. The van der Waals surface area contributed by atoms with Crippen molar-refractivity contribution in [1.82, 2.24) is 0 Å². The average Bonchev–Trinajstić information content (AvgIpc) is 2.16. The van der Waals surface area contributed by atoms with E-state index >= 15 is 0 Å². The molecule has 0 aromatic heterocycles. The van der Waals surface area contributed by atoms with Gasteiger partial charge in [0.15, 0.2) is 0 Å². The van der Waals surface area contributed by atoms with Crippen LogP contribution in [0.3, 0.4) is 0 Å². The van der Waals surface area contributed by atoms with Gasteiger partial charge in [-0.05, 0) is 12.1 Å². The van der Waals surface area contributed by atoms with E-state index in [9.17, 15) is 0 Å². The third kappa shape index (κ3) is 2.82. The van der Waals surface area contributed by atoms with Gasteiger partial charge in [0.2, 0.25) is 0 Å². The van der Waals surface area contributed by atoms with Crippen LogP contribution in [0.4, 0.5) is 5.69 Å². The second kappa shape index (κ2) is 4.99. The summed E-state index contributed by atoms with van der Waals surface area (Å²) >= 11 is 1.54. The number of nitrogens with two attached hydrogens (primary N) is 1. The quantitative estimate of drug-likeness (QED) is 0.568. The molecule has 0 bridgehead atoms. The van der Waals surface area contributed by atoms with E-state index in [1.54, 1.807) is 13.2 Å². The molecule has 0 aliphatic rings. The summed E-state index contributed by atoms with van der Waals surface area (Å²) in [7, 11) is 1.61. The van der Waals surface area contributed by atoms with Crippen LogP contribution in [0.2, 0.25) is 0 Å². The maximum Gasteiger partial charge on any atom is 0.120 e. The number of rotatable bonds is 4. The van der Waals surface area contributed by atoms with Crippen LogP contribution in [0.25, 0.3) is 0 Å². The largest absolute Gasteiger partial charge is 0.497 e. The van der Waals surface area contributed by atoms with E-state index in [1.165, 1.54) is 11.8 Å². The molecule has 0 aliphatic carbocycles. The summed E-state index contributed by atoms with van der Waals surface area (Å²) in [5.74, 6) is 1.42. The van der Waals surface area contributed by atoms with Gasteiger partial charge in [-0.15, -0.1) is 11.8 Å². The number of nitrogen functional groups attached to an aromatic ring is 1. The fourth-order valence-electron chi connectivity index (χ4n) is 0.941. The number of thioether (sulfide) groups is 1. The molecule has 3 nitrogen and oxygen atoms in total. The Labute approximate surface area is 81.9 Å². The highest BCUT2D eigenvalue weighted by Crippen LogP contribution is 2.28. The van der Waals surface area contributed by atoms with Crippen LogP contribution in [-0.2, 0) is 0 Å². The van der Waals surface area contributed by atoms with Crippen molar-refractivity contribution in [3.63, 3.8) is 0 Å². The smallest absolute Gasteiger partial charge is 0.120 e. The lowest BCUT2D eigenvalue weighted by Gasteiger charge is -2.06. The highest BCUT2D eigenvalue weighted by Gasteiger charge is 2.00. The Morgan fingerprint density at radius 1 is 1.54 bits per heavy atom. The van der Waals surface area contributed by atoms with E-state index in [4.69, 9.17) is 15.6 Å². The Morgan fingerprint density at radius 2 is 2.31 bits per heavy atom. The number of aliphatic hydroxyl groups is 1. The van der Waals surface area contributed by atoms with E-state index in [-0.39, 0.29) is 6.61 Å². The van der Waals surface area contributed by atoms with Crippen LogP contribution in [0.5, 0.6) is 5.75 Å². The molecule has 0 heterocycles. The van der Waals surface area contributed by atoms with E-state index in [0.29, 0.717) is 11.4 Å². The number of ether oxygens (including phenoxy) is 1. The van der Waals surface area contributed by atoms with Gasteiger partial charge < -0.3 is 15.6 Å². The highest BCUT2D eigenvalue weighted by atomic mass is 32.2. The van der Waals surface area contributed by atoms with Gasteiger partial charge in [-0.1, -0.05) is 0 Å². The lowest BCUT2D eigenvalue weighted by atomic mass is 10.3. The Hall–Kier alpha value is -0.870. The molecule has 0 radical (unpaired) electrons. The SMILES string of the molecule is COc1ccc(SCCO)c(N)c1. The first-order valence-corrected chi connectivity index (χ1v) is 4.93. The number of anilines is 1. The van der Waals surface area contributed by atoms with Crippen molar-refractivity contribution >= 4 is 17.4 Å². The van der Waals surface area contributed by atoms with Crippen molar-refractivity contribution < 1.29 is 9.84 Å². The molecule has 3 N–H and O–H groups in total. The zero-order valence-corrected chi connectivity index (χ0v) is 8.30. The van der Waals surface area contributed by atoms with Gasteiger partial charge in [0.25, 0.3) is 0 Å². The molecule has 0 amide bonds. The zero-order chi connectivity index (χ0) is 9.68. The fourth-order valence-corrected chi connectivity index (χ4v) is 1.64. The van der Waals surface area contributed by atoms with Crippen molar-refractivity contribution in [2.45, 2.75) is 4.90 Å². The van der Waals surface area contributed by atoms with Crippen LogP contribution in [0.15, 0.2) is 23.1 Å². The molecule has 72 valence electrons. The first-order valence-electron chi connectivity index (χ1n) is 3.95. The van der Waals surface area contributed by atoms with Crippen LogP contribution >= 0.6 is 11.8 Å². The lowest BCUT2D eigenvalue weighted by Crippen LogP contribution is -1.92. The normalized spacial score (nSPS) is 10.0. The first-order chi connectivity index (χ1) is 6.27. The minimum Gasteiger partial charge on any atom is -0.497 e. The third-order valence-corrected chi connectivity index (χ3v) is 2.64. The van der Waals surface area contributed by atoms with Crippen LogP contribution in [0, 0.1) is 0 Å². The molecule has 13 heavy (non-hydrogen) atoms. The molecule has 0 saturated heterocycles. The second-order valence-corrected chi connectivity index (χ2v) is 3.61. The van der Waals surface area contributed by atoms with E-state index in [2.05, 4.69) is 0 Å². The van der Waals surface area contributed by atoms with Crippen molar-refractivity contribution in [2.24, 2.45) is 0 Å². The predicted molar refractivity (Wildman–Crippen MR) is 55.2 cm³/mol. The van der Waals surface area contributed by atoms with Gasteiger partial charge >= 0.3 is 0 Å². The Balaban J connectivity index is 2.73. The monoisotopic (exact) mass is 199 g/mol. The molecule has 0 atom stereocenters. The van der Waals surface area contributed by atoms with E-state index in [1.807, 2.05) is 12.1 Å². The zero-order valence-electron chi connectivity index (χ0n) is 7.49. The minimum absolute atomic E-state index is 0.163. The number of aliphatic hydroxyl groups excluding tert-OH is 1. The molecule has 0 saturated carbocycles. The van der Waals surface area contributed by atoms with E-state index < -0.39 is 0 Å². The third-order valence-electron chi connectivity index (χ3n) is 1.57.